The zero-order valence-corrected chi connectivity index (χ0v) is 14.3. The highest BCUT2D eigenvalue weighted by Crippen LogP contribution is 2.36. The molecule has 0 bridgehead atoms. The number of nitrogens with one attached hydrogen (secondary N) is 1. The van der Waals surface area contributed by atoms with Crippen LogP contribution in [-0.4, -0.2) is 16.0 Å². The third kappa shape index (κ3) is 3.14. The summed E-state index contributed by atoms with van der Waals surface area (Å²) >= 11 is 1.46. The van der Waals surface area contributed by atoms with Gasteiger partial charge >= 0.3 is 0 Å². The van der Waals surface area contributed by atoms with E-state index in [2.05, 4.69) is 10.3 Å². The lowest BCUT2D eigenvalue weighted by Gasteiger charge is -2.08. The normalized spacial score (nSPS) is 10.8. The van der Waals surface area contributed by atoms with Crippen molar-refractivity contribution in [2.75, 3.05) is 5.32 Å². The Morgan fingerprint density at radius 1 is 1.04 bits per heavy atom. The number of carbonyl (C=O) groups excluding carboxylic acids is 1. The average molecular weight is 364 g/mol. The second-order valence-corrected chi connectivity index (χ2v) is 6.71. The quantitative estimate of drug-likeness (QED) is 0.500. The molecule has 26 heavy (non-hydrogen) atoms. The second kappa shape index (κ2) is 6.57. The topological polar surface area (TPSA) is 62.2 Å². The summed E-state index contributed by atoms with van der Waals surface area (Å²) in [6.07, 6.45) is 0. The maximum absolute atomic E-state index is 13.3. The molecule has 3 aromatic carbocycles. The summed E-state index contributed by atoms with van der Waals surface area (Å²) in [5.41, 5.74) is 2.09. The molecule has 1 aromatic heterocycles. The van der Waals surface area contributed by atoms with Gasteiger partial charge in [-0.25, -0.2) is 9.37 Å². The van der Waals surface area contributed by atoms with Gasteiger partial charge in [0.2, 0.25) is 0 Å². The Balaban J connectivity index is 1.67. The Bertz CT molecular complexity index is 1090. The molecule has 1 amide bonds. The molecule has 128 valence electrons. The first-order valence-corrected chi connectivity index (χ1v) is 8.68. The van der Waals surface area contributed by atoms with Gasteiger partial charge in [0.25, 0.3) is 5.91 Å². The molecule has 0 saturated carbocycles. The van der Waals surface area contributed by atoms with Crippen molar-refractivity contribution in [2.24, 2.45) is 0 Å². The SMILES string of the molecule is O=C(Nc1ccc(O)c(-c2nc3ccccc3s2)c1)c1cccc(F)c1. The van der Waals surface area contributed by atoms with Crippen molar-refractivity contribution in [3.8, 4) is 16.3 Å². The number of hydrogen-bond acceptors (Lipinski definition) is 4. The van der Waals surface area contributed by atoms with Gasteiger partial charge in [-0.1, -0.05) is 18.2 Å². The number of amides is 1. The number of phenolic OH excluding ortho intramolecular Hbond substituents is 1. The molecule has 0 fully saturated rings. The van der Waals surface area contributed by atoms with E-state index in [4.69, 9.17) is 0 Å². The van der Waals surface area contributed by atoms with Gasteiger partial charge in [-0.3, -0.25) is 4.79 Å². The van der Waals surface area contributed by atoms with E-state index in [9.17, 15) is 14.3 Å². The number of phenols is 1. The molecular formula is C20H13FN2O2S. The van der Waals surface area contributed by atoms with Crippen molar-refractivity contribution < 1.29 is 14.3 Å². The molecule has 0 spiro atoms. The lowest BCUT2D eigenvalue weighted by Crippen LogP contribution is -2.12. The maximum atomic E-state index is 13.3. The van der Waals surface area contributed by atoms with Crippen LogP contribution < -0.4 is 5.32 Å². The number of nitrogens with zero attached hydrogens (tertiary/aromatic N) is 1. The first-order valence-electron chi connectivity index (χ1n) is 7.86. The van der Waals surface area contributed by atoms with E-state index in [1.165, 1.54) is 41.7 Å². The Morgan fingerprint density at radius 3 is 2.69 bits per heavy atom. The van der Waals surface area contributed by atoms with Crippen LogP contribution in [-0.2, 0) is 0 Å². The summed E-state index contributed by atoms with van der Waals surface area (Å²) < 4.78 is 14.3. The zero-order chi connectivity index (χ0) is 18.1. The molecule has 1 heterocycles. The summed E-state index contributed by atoms with van der Waals surface area (Å²) in [5.74, 6) is -0.822. The van der Waals surface area contributed by atoms with Gasteiger partial charge in [-0.15, -0.1) is 11.3 Å². The highest BCUT2D eigenvalue weighted by atomic mass is 32.1. The first-order chi connectivity index (χ1) is 12.6. The molecule has 0 unspecified atom stereocenters. The van der Waals surface area contributed by atoms with E-state index in [0.717, 1.165) is 10.2 Å². The summed E-state index contributed by atoms with van der Waals surface area (Å²) in [5, 5.41) is 13.6. The lowest BCUT2D eigenvalue weighted by atomic mass is 10.1. The van der Waals surface area contributed by atoms with Gasteiger partial charge in [0.05, 0.1) is 15.8 Å². The number of para-hydroxylation sites is 1. The summed E-state index contributed by atoms with van der Waals surface area (Å²) in [6.45, 7) is 0. The third-order valence-electron chi connectivity index (χ3n) is 3.87. The number of fused-ring (bicyclic) bond motifs is 1. The van der Waals surface area contributed by atoms with Crippen molar-refractivity contribution in [1.82, 2.24) is 4.98 Å². The minimum absolute atomic E-state index is 0.0767. The highest BCUT2D eigenvalue weighted by molar-refractivity contribution is 7.21. The summed E-state index contributed by atoms with van der Waals surface area (Å²) in [7, 11) is 0. The van der Waals surface area contributed by atoms with Crippen LogP contribution in [0.5, 0.6) is 5.75 Å². The highest BCUT2D eigenvalue weighted by Gasteiger charge is 2.13. The second-order valence-electron chi connectivity index (χ2n) is 5.68. The van der Waals surface area contributed by atoms with Crippen LogP contribution in [0, 0.1) is 5.82 Å². The molecule has 6 heteroatoms. The van der Waals surface area contributed by atoms with Crippen molar-refractivity contribution in [1.29, 1.82) is 0 Å². The number of hydrogen-bond donors (Lipinski definition) is 2. The van der Waals surface area contributed by atoms with E-state index in [1.54, 1.807) is 12.1 Å². The Hall–Kier alpha value is -3.25. The lowest BCUT2D eigenvalue weighted by molar-refractivity contribution is 0.102. The third-order valence-corrected chi connectivity index (χ3v) is 4.94. The number of anilines is 1. The van der Waals surface area contributed by atoms with Crippen molar-refractivity contribution in [2.45, 2.75) is 0 Å². The molecule has 0 radical (unpaired) electrons. The van der Waals surface area contributed by atoms with Crippen molar-refractivity contribution in [3.05, 3.63) is 78.1 Å². The van der Waals surface area contributed by atoms with E-state index in [-0.39, 0.29) is 11.3 Å². The monoisotopic (exact) mass is 364 g/mol. The summed E-state index contributed by atoms with van der Waals surface area (Å²) in [4.78, 5) is 16.8. The maximum Gasteiger partial charge on any atom is 0.255 e. The van der Waals surface area contributed by atoms with Gasteiger partial charge in [0.15, 0.2) is 0 Å². The van der Waals surface area contributed by atoms with Crippen LogP contribution in [0.2, 0.25) is 0 Å². The Labute approximate surface area is 152 Å². The molecule has 0 aliphatic heterocycles. The fourth-order valence-electron chi connectivity index (χ4n) is 2.61. The van der Waals surface area contributed by atoms with Crippen LogP contribution in [0.4, 0.5) is 10.1 Å². The van der Waals surface area contributed by atoms with Crippen LogP contribution >= 0.6 is 11.3 Å². The zero-order valence-electron chi connectivity index (χ0n) is 13.4. The van der Waals surface area contributed by atoms with Crippen LogP contribution in [0.15, 0.2) is 66.7 Å². The number of benzene rings is 3. The van der Waals surface area contributed by atoms with Gasteiger partial charge < -0.3 is 10.4 Å². The number of aromatic nitrogens is 1. The fraction of sp³-hybridized carbons (Fsp3) is 0. The Kier molecular flexibility index (Phi) is 4.10. The molecule has 0 saturated heterocycles. The average Bonchev–Trinajstić information content (AvgIpc) is 3.07. The largest absolute Gasteiger partial charge is 0.507 e. The van der Waals surface area contributed by atoms with Gasteiger partial charge in [0.1, 0.15) is 16.6 Å². The first kappa shape index (κ1) is 16.2. The van der Waals surface area contributed by atoms with Crippen LogP contribution in [0.1, 0.15) is 10.4 Å². The van der Waals surface area contributed by atoms with Crippen LogP contribution in [0.3, 0.4) is 0 Å². The fourth-order valence-corrected chi connectivity index (χ4v) is 3.60. The number of carbonyl (C=O) groups is 1. The Morgan fingerprint density at radius 2 is 1.88 bits per heavy atom. The molecule has 4 nitrogen and oxygen atoms in total. The smallest absolute Gasteiger partial charge is 0.255 e. The molecule has 4 aromatic rings. The van der Waals surface area contributed by atoms with Crippen molar-refractivity contribution >= 4 is 33.1 Å². The molecule has 0 aliphatic rings. The summed E-state index contributed by atoms with van der Waals surface area (Å²) in [6, 6.07) is 17.9. The van der Waals surface area contributed by atoms with E-state index < -0.39 is 11.7 Å². The predicted molar refractivity (Wildman–Crippen MR) is 101 cm³/mol. The van der Waals surface area contributed by atoms with Gasteiger partial charge in [0, 0.05) is 11.3 Å². The molecular weight excluding hydrogens is 351 g/mol. The number of thiazole rings is 1. The minimum atomic E-state index is -0.474. The van der Waals surface area contributed by atoms with E-state index in [1.807, 2.05) is 24.3 Å². The van der Waals surface area contributed by atoms with Gasteiger partial charge in [-0.2, -0.15) is 0 Å². The van der Waals surface area contributed by atoms with Crippen molar-refractivity contribution in [3.63, 3.8) is 0 Å². The minimum Gasteiger partial charge on any atom is -0.507 e. The molecule has 2 N–H and O–H groups in total. The number of rotatable bonds is 3. The van der Waals surface area contributed by atoms with E-state index in [0.29, 0.717) is 16.3 Å². The standard InChI is InChI=1S/C20H13FN2O2S/c21-13-5-3-4-12(10-13)19(25)22-14-8-9-17(24)15(11-14)20-23-16-6-1-2-7-18(16)26-20/h1-11,24H,(H,22,25). The van der Waals surface area contributed by atoms with Crippen LogP contribution in [0.25, 0.3) is 20.8 Å². The molecule has 0 aliphatic carbocycles. The molecule has 4 rings (SSSR count). The predicted octanol–water partition coefficient (Wildman–Crippen LogP) is 5.06. The number of halogens is 1. The van der Waals surface area contributed by atoms with Gasteiger partial charge in [-0.05, 0) is 48.5 Å². The molecule has 0 atom stereocenters. The van der Waals surface area contributed by atoms with E-state index >= 15 is 0 Å². The number of aromatic hydroxyl groups is 1.